The molecule has 1 amide bonds. The van der Waals surface area contributed by atoms with Crippen LogP contribution >= 0.6 is 11.3 Å². The van der Waals surface area contributed by atoms with E-state index in [0.717, 1.165) is 0 Å². The van der Waals surface area contributed by atoms with Gasteiger partial charge in [0.2, 0.25) is 10.0 Å². The van der Waals surface area contributed by atoms with Gasteiger partial charge in [-0.2, -0.15) is 11.3 Å². The number of nitrogens with one attached hydrogen (secondary N) is 1. The first-order valence-corrected chi connectivity index (χ1v) is 7.04. The van der Waals surface area contributed by atoms with Crippen LogP contribution in [-0.4, -0.2) is 19.6 Å². The fourth-order valence-electron chi connectivity index (χ4n) is 0.902. The molecule has 0 aliphatic carbocycles. The number of thiophene rings is 1. The van der Waals surface area contributed by atoms with Gasteiger partial charge in [-0.1, -0.05) is 6.92 Å². The normalized spacial score (nSPS) is 13.5. The fraction of sp³-hybridized carbons (Fsp3) is 0.444. The average molecular weight is 247 g/mol. The van der Waals surface area contributed by atoms with Crippen molar-refractivity contribution in [2.75, 3.05) is 0 Å². The molecule has 0 unspecified atom stereocenters. The van der Waals surface area contributed by atoms with Crippen molar-refractivity contribution in [1.82, 2.24) is 4.72 Å². The van der Waals surface area contributed by atoms with Crippen molar-refractivity contribution in [3.8, 4) is 0 Å². The predicted octanol–water partition coefficient (Wildman–Crippen LogP) is 1.61. The van der Waals surface area contributed by atoms with E-state index < -0.39 is 21.2 Å². The zero-order valence-corrected chi connectivity index (χ0v) is 10.2. The number of sulfonamides is 1. The second-order valence-electron chi connectivity index (χ2n) is 3.21. The Morgan fingerprint density at radius 1 is 1.60 bits per heavy atom. The molecule has 84 valence electrons. The zero-order chi connectivity index (χ0) is 11.5. The molecule has 4 nitrogen and oxygen atoms in total. The molecule has 1 atom stereocenters. The molecule has 1 aromatic heterocycles. The van der Waals surface area contributed by atoms with E-state index in [0.29, 0.717) is 12.0 Å². The van der Waals surface area contributed by atoms with E-state index in [1.807, 2.05) is 4.72 Å². The summed E-state index contributed by atoms with van der Waals surface area (Å²) in [6.07, 6.45) is 0.478. The van der Waals surface area contributed by atoms with Crippen LogP contribution in [0.15, 0.2) is 16.8 Å². The highest BCUT2D eigenvalue weighted by Gasteiger charge is 2.22. The fourth-order valence-corrected chi connectivity index (χ4v) is 2.55. The molecular weight excluding hydrogens is 234 g/mol. The molecule has 0 aliphatic rings. The van der Waals surface area contributed by atoms with Crippen molar-refractivity contribution in [3.63, 3.8) is 0 Å². The molecular formula is C9H13NO3S2. The lowest BCUT2D eigenvalue weighted by atomic mass is 10.3. The third kappa shape index (κ3) is 3.04. The van der Waals surface area contributed by atoms with E-state index in [9.17, 15) is 13.2 Å². The van der Waals surface area contributed by atoms with Gasteiger partial charge in [0, 0.05) is 5.38 Å². The lowest BCUT2D eigenvalue weighted by molar-refractivity contribution is 0.0981. The van der Waals surface area contributed by atoms with Gasteiger partial charge in [-0.3, -0.25) is 4.79 Å². The molecule has 0 aliphatic heterocycles. The highest BCUT2D eigenvalue weighted by atomic mass is 32.2. The Balaban J connectivity index is 2.75. The average Bonchev–Trinajstić information content (AvgIpc) is 2.68. The highest BCUT2D eigenvalue weighted by Crippen LogP contribution is 2.08. The maximum Gasteiger partial charge on any atom is 0.265 e. The maximum absolute atomic E-state index is 11.5. The van der Waals surface area contributed by atoms with Gasteiger partial charge < -0.3 is 0 Å². The van der Waals surface area contributed by atoms with Gasteiger partial charge in [-0.15, -0.1) is 0 Å². The summed E-state index contributed by atoms with van der Waals surface area (Å²) in [5, 5.41) is 2.78. The van der Waals surface area contributed by atoms with Crippen LogP contribution in [0.1, 0.15) is 30.6 Å². The van der Waals surface area contributed by atoms with Gasteiger partial charge in [-0.25, -0.2) is 13.1 Å². The Bertz CT molecular complexity index is 422. The monoisotopic (exact) mass is 247 g/mol. The molecule has 0 saturated carbocycles. The molecule has 0 saturated heterocycles. The minimum Gasteiger partial charge on any atom is -0.268 e. The topological polar surface area (TPSA) is 63.2 Å². The van der Waals surface area contributed by atoms with Crippen molar-refractivity contribution >= 4 is 27.3 Å². The third-order valence-electron chi connectivity index (χ3n) is 2.12. The van der Waals surface area contributed by atoms with Crippen molar-refractivity contribution in [1.29, 1.82) is 0 Å². The first kappa shape index (κ1) is 12.2. The summed E-state index contributed by atoms with van der Waals surface area (Å²) >= 11 is 1.35. The van der Waals surface area contributed by atoms with Gasteiger partial charge >= 0.3 is 0 Å². The van der Waals surface area contributed by atoms with Gasteiger partial charge in [0.1, 0.15) is 0 Å². The van der Waals surface area contributed by atoms with Crippen LogP contribution in [0.25, 0.3) is 0 Å². The minimum absolute atomic E-state index is 0.381. The smallest absolute Gasteiger partial charge is 0.265 e. The van der Waals surface area contributed by atoms with Gasteiger partial charge in [0.25, 0.3) is 5.91 Å². The predicted molar refractivity (Wildman–Crippen MR) is 60.5 cm³/mol. The van der Waals surface area contributed by atoms with Crippen LogP contribution in [0.3, 0.4) is 0 Å². The summed E-state index contributed by atoms with van der Waals surface area (Å²) in [7, 11) is -3.53. The van der Waals surface area contributed by atoms with Crippen LogP contribution in [0.5, 0.6) is 0 Å². The highest BCUT2D eigenvalue weighted by molar-refractivity contribution is 7.90. The van der Waals surface area contributed by atoms with E-state index in [-0.39, 0.29) is 0 Å². The number of carbonyl (C=O) groups is 1. The number of rotatable bonds is 4. The second-order valence-corrected chi connectivity index (χ2v) is 6.09. The summed E-state index contributed by atoms with van der Waals surface area (Å²) in [5.41, 5.74) is 0.381. The van der Waals surface area contributed by atoms with Crippen LogP contribution in [-0.2, 0) is 10.0 Å². The number of hydrogen-bond donors (Lipinski definition) is 1. The van der Waals surface area contributed by atoms with E-state index in [1.54, 1.807) is 30.7 Å². The first-order valence-electron chi connectivity index (χ1n) is 4.55. The van der Waals surface area contributed by atoms with E-state index in [4.69, 9.17) is 0 Å². The molecule has 1 N–H and O–H groups in total. The Morgan fingerprint density at radius 3 is 2.73 bits per heavy atom. The molecule has 0 bridgehead atoms. The largest absolute Gasteiger partial charge is 0.268 e. The van der Waals surface area contributed by atoms with Crippen molar-refractivity contribution in [3.05, 3.63) is 22.4 Å². The van der Waals surface area contributed by atoms with Crippen LogP contribution in [0.2, 0.25) is 0 Å². The van der Waals surface area contributed by atoms with E-state index in [1.165, 1.54) is 11.3 Å². The molecule has 0 radical (unpaired) electrons. The summed E-state index contributed by atoms with van der Waals surface area (Å²) in [6.45, 7) is 3.34. The summed E-state index contributed by atoms with van der Waals surface area (Å²) in [6, 6.07) is 1.59. The van der Waals surface area contributed by atoms with E-state index in [2.05, 4.69) is 0 Å². The SMILES string of the molecule is CC[C@@H](C)S(=O)(=O)NC(=O)c1ccsc1. The van der Waals surface area contributed by atoms with Crippen molar-refractivity contribution in [2.45, 2.75) is 25.5 Å². The van der Waals surface area contributed by atoms with Gasteiger partial charge in [-0.05, 0) is 24.8 Å². The molecule has 0 fully saturated rings. The second kappa shape index (κ2) is 4.76. The first-order chi connectivity index (χ1) is 6.97. The number of hydrogen-bond acceptors (Lipinski definition) is 4. The molecule has 6 heteroatoms. The zero-order valence-electron chi connectivity index (χ0n) is 8.56. The summed E-state index contributed by atoms with van der Waals surface area (Å²) < 4.78 is 25.1. The maximum atomic E-state index is 11.5. The number of carbonyl (C=O) groups excluding carboxylic acids is 1. The molecule has 1 rings (SSSR count). The lowest BCUT2D eigenvalue weighted by Crippen LogP contribution is -2.36. The van der Waals surface area contributed by atoms with E-state index >= 15 is 0 Å². The minimum atomic E-state index is -3.53. The molecule has 15 heavy (non-hydrogen) atoms. The standard InChI is InChI=1S/C9H13NO3S2/c1-3-7(2)15(12,13)10-9(11)8-4-5-14-6-8/h4-7H,3H2,1-2H3,(H,10,11)/t7-/m1/s1. The van der Waals surface area contributed by atoms with Crippen molar-refractivity contribution in [2.24, 2.45) is 0 Å². The third-order valence-corrected chi connectivity index (χ3v) is 4.67. The molecule has 1 heterocycles. The quantitative estimate of drug-likeness (QED) is 0.879. The van der Waals surface area contributed by atoms with Crippen LogP contribution in [0.4, 0.5) is 0 Å². The Morgan fingerprint density at radius 2 is 2.27 bits per heavy atom. The number of amides is 1. The summed E-state index contributed by atoms with van der Waals surface area (Å²) in [5.74, 6) is -0.559. The van der Waals surface area contributed by atoms with Gasteiger partial charge in [0.05, 0.1) is 10.8 Å². The lowest BCUT2D eigenvalue weighted by Gasteiger charge is -2.10. The Kier molecular flexibility index (Phi) is 3.87. The van der Waals surface area contributed by atoms with Crippen LogP contribution in [0, 0.1) is 0 Å². The van der Waals surface area contributed by atoms with Crippen LogP contribution < -0.4 is 4.72 Å². The summed E-state index contributed by atoms with van der Waals surface area (Å²) in [4.78, 5) is 11.5. The Hall–Kier alpha value is -0.880. The van der Waals surface area contributed by atoms with Crippen molar-refractivity contribution < 1.29 is 13.2 Å². The molecule has 1 aromatic rings. The molecule has 0 aromatic carbocycles. The Labute approximate surface area is 93.4 Å². The van der Waals surface area contributed by atoms with Gasteiger partial charge in [0.15, 0.2) is 0 Å². The molecule has 0 spiro atoms.